The van der Waals surface area contributed by atoms with Gasteiger partial charge in [0.05, 0.1) is 0 Å². The Hall–Kier alpha value is -1.35. The summed E-state index contributed by atoms with van der Waals surface area (Å²) in [6.07, 6.45) is 8.10. The third-order valence-corrected chi connectivity index (χ3v) is 6.22. The van der Waals surface area contributed by atoms with E-state index in [1.165, 1.54) is 44.1 Å². The molecule has 1 saturated heterocycles. The number of piperidine rings is 1. The summed E-state index contributed by atoms with van der Waals surface area (Å²) in [6.45, 7) is 5.24. The van der Waals surface area contributed by atoms with E-state index in [0.717, 1.165) is 19.6 Å². The van der Waals surface area contributed by atoms with Gasteiger partial charge in [-0.25, -0.2) is 0 Å². The third kappa shape index (κ3) is 4.18. The Balaban J connectivity index is 1.54. The number of rotatable bonds is 6. The predicted molar refractivity (Wildman–Crippen MR) is 99.0 cm³/mol. The number of nitrogens with one attached hydrogen (secondary N) is 2. The van der Waals surface area contributed by atoms with Crippen molar-refractivity contribution in [3.05, 3.63) is 35.9 Å². The molecule has 2 N–H and O–H groups in total. The maximum absolute atomic E-state index is 12.5. The molecule has 1 amide bonds. The molecule has 0 aromatic heterocycles. The quantitative estimate of drug-likeness (QED) is 0.837. The van der Waals surface area contributed by atoms with Crippen LogP contribution in [0.15, 0.2) is 30.3 Å². The van der Waals surface area contributed by atoms with Gasteiger partial charge < -0.3 is 10.6 Å². The van der Waals surface area contributed by atoms with Gasteiger partial charge in [0.25, 0.3) is 0 Å². The Kier molecular flexibility index (Phi) is 5.94. The number of carbonyl (C=O) groups excluding carboxylic acids is 1. The number of hydrogen-bond acceptors (Lipinski definition) is 2. The van der Waals surface area contributed by atoms with E-state index in [1.54, 1.807) is 0 Å². The zero-order valence-electron chi connectivity index (χ0n) is 15.0. The maximum atomic E-state index is 12.5. The molecule has 0 spiro atoms. The molecular formula is C21H32N2O. The van der Waals surface area contributed by atoms with E-state index in [4.69, 9.17) is 0 Å². The Morgan fingerprint density at radius 1 is 1.25 bits per heavy atom. The zero-order valence-corrected chi connectivity index (χ0v) is 15.0. The monoisotopic (exact) mass is 328 g/mol. The van der Waals surface area contributed by atoms with E-state index in [-0.39, 0.29) is 11.3 Å². The van der Waals surface area contributed by atoms with Crippen LogP contribution in [0.5, 0.6) is 0 Å². The van der Waals surface area contributed by atoms with E-state index >= 15 is 0 Å². The number of benzene rings is 1. The van der Waals surface area contributed by atoms with E-state index in [2.05, 4.69) is 47.9 Å². The minimum Gasteiger partial charge on any atom is -0.355 e. The third-order valence-electron chi connectivity index (χ3n) is 6.22. The molecule has 0 radical (unpaired) electrons. The van der Waals surface area contributed by atoms with Crippen LogP contribution in [0.3, 0.4) is 0 Å². The summed E-state index contributed by atoms with van der Waals surface area (Å²) in [5.74, 6) is 1.35. The Labute approximate surface area is 146 Å². The first-order chi connectivity index (χ1) is 11.7. The maximum Gasteiger partial charge on any atom is 0.220 e. The molecular weight excluding hydrogens is 296 g/mol. The van der Waals surface area contributed by atoms with Crippen molar-refractivity contribution in [3.63, 3.8) is 0 Å². The lowest BCUT2D eigenvalue weighted by Gasteiger charge is -2.31. The molecule has 3 rings (SSSR count). The molecule has 2 atom stereocenters. The second kappa shape index (κ2) is 8.15. The number of amides is 1. The van der Waals surface area contributed by atoms with Crippen LogP contribution in [-0.2, 0) is 10.2 Å². The molecule has 2 aliphatic rings. The van der Waals surface area contributed by atoms with Gasteiger partial charge in [-0.1, -0.05) is 50.1 Å². The summed E-state index contributed by atoms with van der Waals surface area (Å²) >= 11 is 0. The van der Waals surface area contributed by atoms with Gasteiger partial charge in [-0.15, -0.1) is 0 Å². The average molecular weight is 329 g/mol. The van der Waals surface area contributed by atoms with Crippen LogP contribution < -0.4 is 10.6 Å². The lowest BCUT2D eigenvalue weighted by molar-refractivity contribution is -0.122. The largest absolute Gasteiger partial charge is 0.355 e. The van der Waals surface area contributed by atoms with Crippen LogP contribution in [0, 0.1) is 11.8 Å². The number of carbonyl (C=O) groups is 1. The highest BCUT2D eigenvalue weighted by Crippen LogP contribution is 2.40. The fourth-order valence-corrected chi connectivity index (χ4v) is 4.57. The smallest absolute Gasteiger partial charge is 0.220 e. The highest BCUT2D eigenvalue weighted by atomic mass is 16.1. The summed E-state index contributed by atoms with van der Waals surface area (Å²) in [5.41, 5.74) is 1.55. The van der Waals surface area contributed by atoms with Gasteiger partial charge in [0.1, 0.15) is 0 Å². The van der Waals surface area contributed by atoms with Crippen LogP contribution in [0.4, 0.5) is 0 Å². The SMILES string of the molecule is CC(CC(=O)NCC1(c2ccccc2)CCCC1)C1CCCNC1. The Morgan fingerprint density at radius 3 is 2.67 bits per heavy atom. The molecule has 2 unspecified atom stereocenters. The van der Waals surface area contributed by atoms with Crippen molar-refractivity contribution in [1.29, 1.82) is 0 Å². The van der Waals surface area contributed by atoms with Crippen molar-refractivity contribution in [1.82, 2.24) is 10.6 Å². The standard InChI is InChI=1S/C21H32N2O/c1-17(18-8-7-13-22-15-18)14-20(24)23-16-21(11-5-6-12-21)19-9-3-2-4-10-19/h2-4,9-10,17-18,22H,5-8,11-16H2,1H3,(H,23,24). The second-order valence-electron chi connectivity index (χ2n) is 7.92. The van der Waals surface area contributed by atoms with Crippen LogP contribution in [-0.4, -0.2) is 25.5 Å². The first kappa shape index (κ1) is 17.5. The summed E-state index contributed by atoms with van der Waals surface area (Å²) in [7, 11) is 0. The average Bonchev–Trinajstić information content (AvgIpc) is 3.12. The molecule has 1 heterocycles. The van der Waals surface area contributed by atoms with Gasteiger partial charge in [0.2, 0.25) is 5.91 Å². The van der Waals surface area contributed by atoms with Gasteiger partial charge >= 0.3 is 0 Å². The summed E-state index contributed by atoms with van der Waals surface area (Å²) < 4.78 is 0. The molecule has 3 nitrogen and oxygen atoms in total. The molecule has 1 aliphatic carbocycles. The van der Waals surface area contributed by atoms with E-state index < -0.39 is 0 Å². The van der Waals surface area contributed by atoms with Gasteiger partial charge in [-0.2, -0.15) is 0 Å². The van der Waals surface area contributed by atoms with Gasteiger partial charge in [0.15, 0.2) is 0 Å². The number of hydrogen-bond donors (Lipinski definition) is 2. The fourth-order valence-electron chi connectivity index (χ4n) is 4.57. The van der Waals surface area contributed by atoms with Crippen molar-refractivity contribution in [3.8, 4) is 0 Å². The van der Waals surface area contributed by atoms with Crippen molar-refractivity contribution in [2.24, 2.45) is 11.8 Å². The van der Waals surface area contributed by atoms with E-state index in [0.29, 0.717) is 18.3 Å². The molecule has 1 aromatic rings. The first-order valence-electron chi connectivity index (χ1n) is 9.73. The lowest BCUT2D eigenvalue weighted by Crippen LogP contribution is -2.40. The Morgan fingerprint density at radius 2 is 2.00 bits per heavy atom. The van der Waals surface area contributed by atoms with Gasteiger partial charge in [-0.05, 0) is 56.2 Å². The molecule has 132 valence electrons. The Bertz CT molecular complexity index is 516. The summed E-state index contributed by atoms with van der Waals surface area (Å²) in [4.78, 5) is 12.5. The van der Waals surface area contributed by atoms with Gasteiger partial charge in [0, 0.05) is 18.4 Å². The zero-order chi connectivity index (χ0) is 16.8. The molecule has 1 aliphatic heterocycles. The van der Waals surface area contributed by atoms with Crippen molar-refractivity contribution in [2.75, 3.05) is 19.6 Å². The molecule has 3 heteroatoms. The summed E-state index contributed by atoms with van der Waals surface area (Å²) in [6, 6.07) is 10.8. The first-order valence-corrected chi connectivity index (χ1v) is 9.73. The topological polar surface area (TPSA) is 41.1 Å². The molecule has 0 bridgehead atoms. The van der Waals surface area contributed by atoms with Crippen LogP contribution >= 0.6 is 0 Å². The van der Waals surface area contributed by atoms with Crippen molar-refractivity contribution < 1.29 is 4.79 Å². The summed E-state index contributed by atoms with van der Waals surface area (Å²) in [5, 5.41) is 6.74. The van der Waals surface area contributed by atoms with Crippen molar-refractivity contribution >= 4 is 5.91 Å². The van der Waals surface area contributed by atoms with Crippen LogP contribution in [0.2, 0.25) is 0 Å². The van der Waals surface area contributed by atoms with Crippen molar-refractivity contribution in [2.45, 2.75) is 57.3 Å². The van der Waals surface area contributed by atoms with E-state index in [1.807, 2.05) is 0 Å². The second-order valence-corrected chi connectivity index (χ2v) is 7.92. The minimum atomic E-state index is 0.159. The fraction of sp³-hybridized carbons (Fsp3) is 0.667. The highest BCUT2D eigenvalue weighted by molar-refractivity contribution is 5.76. The van der Waals surface area contributed by atoms with E-state index in [9.17, 15) is 4.79 Å². The van der Waals surface area contributed by atoms with Crippen LogP contribution in [0.1, 0.15) is 57.4 Å². The molecule has 1 saturated carbocycles. The molecule has 2 fully saturated rings. The normalized spacial score (nSPS) is 24.5. The van der Waals surface area contributed by atoms with Crippen LogP contribution in [0.25, 0.3) is 0 Å². The minimum absolute atomic E-state index is 0.159. The molecule has 24 heavy (non-hydrogen) atoms. The van der Waals surface area contributed by atoms with Gasteiger partial charge in [-0.3, -0.25) is 4.79 Å². The molecule has 1 aromatic carbocycles. The lowest BCUT2D eigenvalue weighted by atomic mass is 9.78. The highest BCUT2D eigenvalue weighted by Gasteiger charge is 2.35. The predicted octanol–water partition coefficient (Wildman–Crippen LogP) is 3.64.